The lowest BCUT2D eigenvalue weighted by atomic mass is 10.0. The van der Waals surface area contributed by atoms with Crippen LogP contribution in [0.2, 0.25) is 0 Å². The summed E-state index contributed by atoms with van der Waals surface area (Å²) in [5.41, 5.74) is 1.62. The fraction of sp³-hybridized carbons (Fsp3) is 0.241. The molecule has 38 heavy (non-hydrogen) atoms. The number of aromatic hydroxyl groups is 1. The van der Waals surface area contributed by atoms with E-state index in [9.17, 15) is 5.11 Å². The first-order valence-electron chi connectivity index (χ1n) is 12.7. The monoisotopic (exact) mass is 508 g/mol. The van der Waals surface area contributed by atoms with Gasteiger partial charge in [-0.05, 0) is 41.8 Å². The second kappa shape index (κ2) is 9.18. The molecule has 0 amide bonds. The number of fused-ring (bicyclic) bond motifs is 4. The normalized spacial score (nSPS) is 18.8. The molecular formula is C29H25FN6O2. The van der Waals surface area contributed by atoms with Gasteiger partial charge in [0.25, 0.3) is 0 Å². The van der Waals surface area contributed by atoms with Gasteiger partial charge >= 0.3 is 6.01 Å². The summed E-state index contributed by atoms with van der Waals surface area (Å²) in [5, 5.41) is 16.1. The maximum absolute atomic E-state index is 16.3. The first-order valence-corrected chi connectivity index (χ1v) is 12.7. The van der Waals surface area contributed by atoms with Gasteiger partial charge in [-0.15, -0.1) is 0 Å². The lowest BCUT2D eigenvalue weighted by Crippen LogP contribution is -2.51. The Morgan fingerprint density at radius 2 is 1.84 bits per heavy atom. The highest BCUT2D eigenvalue weighted by Crippen LogP contribution is 2.37. The van der Waals surface area contributed by atoms with Crippen LogP contribution >= 0.6 is 0 Å². The van der Waals surface area contributed by atoms with Gasteiger partial charge in [0.1, 0.15) is 29.4 Å². The maximum atomic E-state index is 16.3. The number of anilines is 1. The van der Waals surface area contributed by atoms with Crippen LogP contribution in [0.5, 0.6) is 11.8 Å². The second-order valence-corrected chi connectivity index (χ2v) is 9.92. The van der Waals surface area contributed by atoms with Crippen molar-refractivity contribution in [1.29, 1.82) is 0 Å². The van der Waals surface area contributed by atoms with E-state index >= 15 is 4.39 Å². The minimum Gasteiger partial charge on any atom is -0.508 e. The van der Waals surface area contributed by atoms with E-state index in [1.165, 1.54) is 6.07 Å². The molecule has 0 unspecified atom stereocenters. The molecule has 5 aromatic rings. The Balaban J connectivity index is 1.38. The third-order valence-corrected chi connectivity index (χ3v) is 7.35. The molecule has 2 N–H and O–H groups in total. The maximum Gasteiger partial charge on any atom is 0.319 e. The number of pyridine rings is 2. The van der Waals surface area contributed by atoms with E-state index in [1.54, 1.807) is 24.7 Å². The average Bonchev–Trinajstić information content (AvgIpc) is 3.29. The van der Waals surface area contributed by atoms with Crippen LogP contribution in [0, 0.1) is 5.82 Å². The molecule has 0 aliphatic carbocycles. The number of piperazine rings is 1. The van der Waals surface area contributed by atoms with Crippen LogP contribution in [-0.2, 0) is 6.61 Å². The zero-order chi connectivity index (χ0) is 25.6. The van der Waals surface area contributed by atoms with Crippen molar-refractivity contribution >= 4 is 27.5 Å². The highest BCUT2D eigenvalue weighted by molar-refractivity contribution is 5.99. The van der Waals surface area contributed by atoms with Gasteiger partial charge in [-0.2, -0.15) is 9.97 Å². The largest absolute Gasteiger partial charge is 0.508 e. The molecule has 3 aromatic heterocycles. The number of hydrogen-bond donors (Lipinski definition) is 2. The molecule has 190 valence electrons. The molecule has 9 heteroatoms. The van der Waals surface area contributed by atoms with Crippen molar-refractivity contribution in [3.63, 3.8) is 0 Å². The van der Waals surface area contributed by atoms with E-state index in [4.69, 9.17) is 9.72 Å². The highest BCUT2D eigenvalue weighted by Gasteiger charge is 2.34. The van der Waals surface area contributed by atoms with Crippen molar-refractivity contribution in [2.24, 2.45) is 0 Å². The molecule has 8 nitrogen and oxygen atoms in total. The van der Waals surface area contributed by atoms with E-state index in [0.29, 0.717) is 28.9 Å². The van der Waals surface area contributed by atoms with E-state index in [0.717, 1.165) is 42.3 Å². The van der Waals surface area contributed by atoms with Gasteiger partial charge in [0.2, 0.25) is 0 Å². The summed E-state index contributed by atoms with van der Waals surface area (Å²) >= 11 is 0. The molecule has 2 aromatic carbocycles. The van der Waals surface area contributed by atoms with Gasteiger partial charge in [0, 0.05) is 54.9 Å². The SMILES string of the molecule is Oc1cc(-c2ncc3c(N4C[C@H]5CC[C@@H](C4)N5)nc(OCc4cccnc4)nc3c2F)c2ccccc2c1. The molecule has 2 atom stereocenters. The van der Waals surface area contributed by atoms with E-state index < -0.39 is 5.82 Å². The number of benzene rings is 2. The number of nitrogens with one attached hydrogen (secondary N) is 1. The lowest BCUT2D eigenvalue weighted by Gasteiger charge is -2.34. The molecule has 0 spiro atoms. The van der Waals surface area contributed by atoms with Crippen molar-refractivity contribution in [3.05, 3.63) is 78.5 Å². The summed E-state index contributed by atoms with van der Waals surface area (Å²) < 4.78 is 22.3. The summed E-state index contributed by atoms with van der Waals surface area (Å²) in [5.74, 6) is 0.0831. The van der Waals surface area contributed by atoms with Crippen LogP contribution in [0.4, 0.5) is 10.2 Å². The Morgan fingerprint density at radius 3 is 2.66 bits per heavy atom. The number of nitrogens with zero attached hydrogens (tertiary/aromatic N) is 5. The first kappa shape index (κ1) is 22.8. The van der Waals surface area contributed by atoms with Gasteiger partial charge in [-0.25, -0.2) is 4.39 Å². The fourth-order valence-electron chi connectivity index (χ4n) is 5.61. The van der Waals surface area contributed by atoms with Crippen LogP contribution in [0.15, 0.2) is 67.1 Å². The number of rotatable bonds is 5. The Kier molecular flexibility index (Phi) is 5.51. The Hall–Kier alpha value is -4.37. The summed E-state index contributed by atoms with van der Waals surface area (Å²) in [4.78, 5) is 20.1. The van der Waals surface area contributed by atoms with E-state index in [1.807, 2.05) is 36.4 Å². The Labute approximate surface area is 218 Å². The van der Waals surface area contributed by atoms with Crippen molar-refractivity contribution in [2.75, 3.05) is 18.0 Å². The van der Waals surface area contributed by atoms with E-state index in [2.05, 4.69) is 25.2 Å². The molecular weight excluding hydrogens is 483 g/mol. The van der Waals surface area contributed by atoms with Crippen molar-refractivity contribution in [1.82, 2.24) is 25.3 Å². The van der Waals surface area contributed by atoms with Gasteiger partial charge in [0.15, 0.2) is 5.82 Å². The van der Waals surface area contributed by atoms with Gasteiger partial charge < -0.3 is 20.1 Å². The highest BCUT2D eigenvalue weighted by atomic mass is 19.1. The summed E-state index contributed by atoms with van der Waals surface area (Å²) in [7, 11) is 0. The second-order valence-electron chi connectivity index (χ2n) is 9.92. The molecule has 2 bridgehead atoms. The Morgan fingerprint density at radius 1 is 1.00 bits per heavy atom. The number of phenolic OH excluding ortho intramolecular Hbond substituents is 1. The van der Waals surface area contributed by atoms with Crippen LogP contribution in [-0.4, -0.2) is 50.2 Å². The predicted molar refractivity (Wildman–Crippen MR) is 143 cm³/mol. The minimum atomic E-state index is -0.578. The number of phenols is 1. The molecule has 0 radical (unpaired) electrons. The van der Waals surface area contributed by atoms with Crippen molar-refractivity contribution < 1.29 is 14.2 Å². The summed E-state index contributed by atoms with van der Waals surface area (Å²) in [6.45, 7) is 1.75. The number of aromatic nitrogens is 4. The van der Waals surface area contributed by atoms with Crippen LogP contribution in [0.3, 0.4) is 0 Å². The average molecular weight is 509 g/mol. The summed E-state index contributed by atoms with van der Waals surface area (Å²) in [6, 6.07) is 15.3. The van der Waals surface area contributed by atoms with Gasteiger partial charge in [-0.3, -0.25) is 9.97 Å². The zero-order valence-corrected chi connectivity index (χ0v) is 20.5. The fourth-order valence-corrected chi connectivity index (χ4v) is 5.61. The number of ether oxygens (including phenoxy) is 1. The molecule has 2 fully saturated rings. The third-order valence-electron chi connectivity index (χ3n) is 7.35. The summed E-state index contributed by atoms with van der Waals surface area (Å²) in [6.07, 6.45) is 7.26. The van der Waals surface area contributed by atoms with Crippen molar-refractivity contribution in [2.45, 2.75) is 31.5 Å². The van der Waals surface area contributed by atoms with Crippen molar-refractivity contribution in [3.8, 4) is 23.0 Å². The smallest absolute Gasteiger partial charge is 0.319 e. The number of hydrogen-bond acceptors (Lipinski definition) is 8. The van der Waals surface area contributed by atoms with Gasteiger partial charge in [-0.1, -0.05) is 30.3 Å². The van der Waals surface area contributed by atoms with Crippen LogP contribution in [0.1, 0.15) is 18.4 Å². The minimum absolute atomic E-state index is 0.0418. The molecule has 2 aliphatic heterocycles. The zero-order valence-electron chi connectivity index (χ0n) is 20.5. The molecule has 2 saturated heterocycles. The topological polar surface area (TPSA) is 96.3 Å². The molecule has 0 saturated carbocycles. The number of halogens is 1. The molecule has 2 aliphatic rings. The lowest BCUT2D eigenvalue weighted by molar-refractivity contribution is 0.281. The third kappa shape index (κ3) is 4.05. The molecule has 7 rings (SSSR count). The Bertz CT molecular complexity index is 1650. The molecule has 5 heterocycles. The van der Waals surface area contributed by atoms with Gasteiger partial charge in [0.05, 0.1) is 5.39 Å². The standard InChI is InChI=1S/C29H25FN6O2/c30-25-26(23-11-21(37)10-18-5-1-2-6-22(18)23)32-13-24-27(25)34-29(38-16-17-4-3-9-31-12-17)35-28(24)36-14-19-7-8-20(15-36)33-19/h1-6,9-13,19-20,33,37H,7-8,14-16H2/t19-,20+. The van der Waals surface area contributed by atoms with Crippen LogP contribution in [0.25, 0.3) is 32.9 Å². The quantitative estimate of drug-likeness (QED) is 0.356. The predicted octanol–water partition coefficient (Wildman–Crippen LogP) is 4.60. The van der Waals surface area contributed by atoms with E-state index in [-0.39, 0.29) is 29.6 Å². The van der Waals surface area contributed by atoms with Crippen LogP contribution < -0.4 is 15.0 Å². The first-order chi connectivity index (χ1) is 18.6.